The van der Waals surface area contributed by atoms with Crippen molar-refractivity contribution in [3.63, 3.8) is 0 Å². The smallest absolute Gasteiger partial charge is 0.255 e. The molecule has 1 aromatic heterocycles. The zero-order chi connectivity index (χ0) is 18.6. The van der Waals surface area contributed by atoms with Crippen molar-refractivity contribution >= 4 is 11.6 Å². The van der Waals surface area contributed by atoms with E-state index in [1.54, 1.807) is 4.68 Å². The van der Waals surface area contributed by atoms with Crippen LogP contribution in [0, 0.1) is 6.92 Å². The summed E-state index contributed by atoms with van der Waals surface area (Å²) in [6.07, 6.45) is 2.15. The molecule has 0 atom stereocenters. The molecule has 1 aliphatic heterocycles. The maximum absolute atomic E-state index is 12.9. The fourth-order valence-corrected chi connectivity index (χ4v) is 3.42. The monoisotopic (exact) mass is 362 g/mol. The molecule has 0 unspecified atom stereocenters. The first-order chi connectivity index (χ1) is 13.2. The second-order valence-corrected chi connectivity index (χ2v) is 6.69. The lowest BCUT2D eigenvalue weighted by Gasteiger charge is -2.19. The van der Waals surface area contributed by atoms with Crippen molar-refractivity contribution in [2.75, 3.05) is 18.4 Å². The standard InChI is InChI=1S/C20H22N6O/c1-15-8-7-11-17(20(27)25-12-5-6-13-25)19(15)21-14-18-22-23-24-26(18)16-9-3-2-4-10-16/h2-4,7-11,21H,5-6,12-14H2,1H3. The number of carbonyl (C=O) groups excluding carboxylic acids is 1. The van der Waals surface area contributed by atoms with E-state index in [2.05, 4.69) is 20.8 Å². The SMILES string of the molecule is Cc1cccc(C(=O)N2CCCC2)c1NCc1nnnn1-c1ccccc1. The van der Waals surface area contributed by atoms with Gasteiger partial charge in [-0.25, -0.2) is 0 Å². The number of carbonyl (C=O) groups is 1. The van der Waals surface area contributed by atoms with Gasteiger partial charge in [0.25, 0.3) is 5.91 Å². The van der Waals surface area contributed by atoms with Crippen LogP contribution in [-0.2, 0) is 6.54 Å². The number of benzene rings is 2. The maximum atomic E-state index is 12.9. The molecule has 27 heavy (non-hydrogen) atoms. The number of tetrazole rings is 1. The molecule has 7 heteroatoms. The summed E-state index contributed by atoms with van der Waals surface area (Å²) in [5, 5.41) is 15.4. The Labute approximate surface area is 158 Å². The average molecular weight is 362 g/mol. The van der Waals surface area contributed by atoms with E-state index >= 15 is 0 Å². The van der Waals surface area contributed by atoms with Crippen molar-refractivity contribution in [3.05, 3.63) is 65.5 Å². The number of rotatable bonds is 5. The van der Waals surface area contributed by atoms with Gasteiger partial charge in [-0.05, 0) is 54.0 Å². The molecule has 4 rings (SSSR count). The van der Waals surface area contributed by atoms with E-state index in [0.29, 0.717) is 17.9 Å². The minimum absolute atomic E-state index is 0.0846. The van der Waals surface area contributed by atoms with Gasteiger partial charge < -0.3 is 10.2 Å². The molecule has 0 saturated carbocycles. The summed E-state index contributed by atoms with van der Waals surface area (Å²) in [6.45, 7) is 4.09. The molecule has 1 fully saturated rings. The summed E-state index contributed by atoms with van der Waals surface area (Å²) in [7, 11) is 0. The predicted octanol–water partition coefficient (Wildman–Crippen LogP) is 2.82. The normalized spacial score (nSPS) is 13.7. The van der Waals surface area contributed by atoms with Gasteiger partial charge in [0.1, 0.15) is 0 Å². The van der Waals surface area contributed by atoms with Gasteiger partial charge in [0, 0.05) is 13.1 Å². The first kappa shape index (κ1) is 17.2. The third-order valence-electron chi connectivity index (χ3n) is 4.85. The van der Waals surface area contributed by atoms with E-state index in [0.717, 1.165) is 42.9 Å². The molecule has 138 valence electrons. The van der Waals surface area contributed by atoms with Crippen molar-refractivity contribution < 1.29 is 4.79 Å². The van der Waals surface area contributed by atoms with Crippen LogP contribution in [0.15, 0.2) is 48.5 Å². The highest BCUT2D eigenvalue weighted by molar-refractivity contribution is 6.00. The molecule has 1 saturated heterocycles. The van der Waals surface area contributed by atoms with E-state index in [-0.39, 0.29) is 5.91 Å². The highest BCUT2D eigenvalue weighted by atomic mass is 16.2. The van der Waals surface area contributed by atoms with Crippen LogP contribution in [0.5, 0.6) is 0 Å². The number of nitrogens with one attached hydrogen (secondary N) is 1. The first-order valence-corrected chi connectivity index (χ1v) is 9.19. The number of amides is 1. The Morgan fingerprint density at radius 3 is 2.63 bits per heavy atom. The van der Waals surface area contributed by atoms with Gasteiger partial charge in [0.05, 0.1) is 23.5 Å². The Morgan fingerprint density at radius 1 is 1.07 bits per heavy atom. The number of para-hydroxylation sites is 2. The molecular formula is C20H22N6O. The van der Waals surface area contributed by atoms with Crippen LogP contribution in [0.4, 0.5) is 5.69 Å². The molecule has 2 heterocycles. The van der Waals surface area contributed by atoms with Crippen LogP contribution < -0.4 is 5.32 Å². The van der Waals surface area contributed by atoms with Gasteiger partial charge in [-0.2, -0.15) is 4.68 Å². The molecule has 1 N–H and O–H groups in total. The minimum atomic E-state index is 0.0846. The Kier molecular flexibility index (Phi) is 4.82. The van der Waals surface area contributed by atoms with Crippen LogP contribution in [0.1, 0.15) is 34.6 Å². The fourth-order valence-electron chi connectivity index (χ4n) is 3.42. The predicted molar refractivity (Wildman–Crippen MR) is 103 cm³/mol. The third kappa shape index (κ3) is 3.53. The quantitative estimate of drug-likeness (QED) is 0.755. The van der Waals surface area contributed by atoms with Gasteiger partial charge in [-0.3, -0.25) is 4.79 Å². The highest BCUT2D eigenvalue weighted by Gasteiger charge is 2.22. The van der Waals surface area contributed by atoms with Crippen molar-refractivity contribution in [1.82, 2.24) is 25.1 Å². The molecular weight excluding hydrogens is 340 g/mol. The summed E-state index contributed by atoms with van der Waals surface area (Å²) in [5.41, 5.74) is 3.48. The van der Waals surface area contributed by atoms with Gasteiger partial charge >= 0.3 is 0 Å². The zero-order valence-electron chi connectivity index (χ0n) is 15.3. The second-order valence-electron chi connectivity index (χ2n) is 6.69. The van der Waals surface area contributed by atoms with Crippen molar-refractivity contribution in [1.29, 1.82) is 0 Å². The van der Waals surface area contributed by atoms with Crippen LogP contribution in [0.2, 0.25) is 0 Å². The lowest BCUT2D eigenvalue weighted by atomic mass is 10.1. The second kappa shape index (κ2) is 7.57. The highest BCUT2D eigenvalue weighted by Crippen LogP contribution is 2.24. The van der Waals surface area contributed by atoms with Crippen molar-refractivity contribution in [3.8, 4) is 5.69 Å². The number of aryl methyl sites for hydroxylation is 1. The number of likely N-dealkylation sites (tertiary alicyclic amines) is 1. The van der Waals surface area contributed by atoms with E-state index in [9.17, 15) is 4.79 Å². The summed E-state index contributed by atoms with van der Waals surface area (Å²) in [4.78, 5) is 14.8. The zero-order valence-corrected chi connectivity index (χ0v) is 15.3. The average Bonchev–Trinajstić information content (AvgIpc) is 3.39. The van der Waals surface area contributed by atoms with Crippen LogP contribution in [0.25, 0.3) is 5.69 Å². The van der Waals surface area contributed by atoms with Gasteiger partial charge in [0.2, 0.25) is 0 Å². The molecule has 0 aliphatic carbocycles. The molecule has 0 radical (unpaired) electrons. The van der Waals surface area contributed by atoms with E-state index in [4.69, 9.17) is 0 Å². The van der Waals surface area contributed by atoms with E-state index < -0.39 is 0 Å². The number of hydrogen-bond acceptors (Lipinski definition) is 5. The van der Waals surface area contributed by atoms with Crippen LogP contribution in [-0.4, -0.2) is 44.1 Å². The first-order valence-electron chi connectivity index (χ1n) is 9.19. The van der Waals surface area contributed by atoms with Crippen molar-refractivity contribution in [2.45, 2.75) is 26.3 Å². The van der Waals surface area contributed by atoms with Gasteiger partial charge in [-0.15, -0.1) is 5.10 Å². The number of anilines is 1. The summed E-state index contributed by atoms with van der Waals surface area (Å²) < 4.78 is 1.70. The molecule has 0 bridgehead atoms. The molecule has 0 spiro atoms. The van der Waals surface area contributed by atoms with Gasteiger partial charge in [0.15, 0.2) is 5.82 Å². The van der Waals surface area contributed by atoms with Crippen LogP contribution >= 0.6 is 0 Å². The number of nitrogens with zero attached hydrogens (tertiary/aromatic N) is 5. The number of aromatic nitrogens is 4. The largest absolute Gasteiger partial charge is 0.377 e. The Morgan fingerprint density at radius 2 is 1.85 bits per heavy atom. The van der Waals surface area contributed by atoms with Gasteiger partial charge in [-0.1, -0.05) is 30.3 Å². The number of hydrogen-bond donors (Lipinski definition) is 1. The Balaban J connectivity index is 1.58. The Hall–Kier alpha value is -3.22. The van der Waals surface area contributed by atoms with Crippen molar-refractivity contribution in [2.24, 2.45) is 0 Å². The molecule has 7 nitrogen and oxygen atoms in total. The van der Waals surface area contributed by atoms with E-state index in [1.165, 1.54) is 0 Å². The van der Waals surface area contributed by atoms with Crippen LogP contribution in [0.3, 0.4) is 0 Å². The molecule has 1 aliphatic rings. The Bertz CT molecular complexity index is 931. The lowest BCUT2D eigenvalue weighted by molar-refractivity contribution is 0.0793. The minimum Gasteiger partial charge on any atom is -0.377 e. The fraction of sp³-hybridized carbons (Fsp3) is 0.300. The maximum Gasteiger partial charge on any atom is 0.255 e. The molecule has 1 amide bonds. The molecule has 3 aromatic rings. The lowest BCUT2D eigenvalue weighted by Crippen LogP contribution is -2.28. The molecule has 2 aromatic carbocycles. The summed E-state index contributed by atoms with van der Waals surface area (Å²) in [6, 6.07) is 15.6. The topological polar surface area (TPSA) is 75.9 Å². The summed E-state index contributed by atoms with van der Waals surface area (Å²) >= 11 is 0. The van der Waals surface area contributed by atoms with E-state index in [1.807, 2.05) is 60.4 Å². The summed E-state index contributed by atoms with van der Waals surface area (Å²) in [5.74, 6) is 0.769. The third-order valence-corrected chi connectivity index (χ3v) is 4.85.